The lowest BCUT2D eigenvalue weighted by Gasteiger charge is -2.40. The highest BCUT2D eigenvalue weighted by atomic mass is 32.2. The molecule has 0 bridgehead atoms. The number of esters is 1. The number of rotatable bonds is 6. The average Bonchev–Trinajstić information content (AvgIpc) is 2.82. The summed E-state index contributed by atoms with van der Waals surface area (Å²) in [6, 6.07) is 16.5. The van der Waals surface area contributed by atoms with Gasteiger partial charge in [0.25, 0.3) is 5.91 Å². The van der Waals surface area contributed by atoms with Crippen molar-refractivity contribution in [3.05, 3.63) is 71.4 Å². The number of amidine groups is 1. The Morgan fingerprint density at radius 1 is 1.16 bits per heavy atom. The number of hydrogen-bond acceptors (Lipinski definition) is 7. The summed E-state index contributed by atoms with van der Waals surface area (Å²) in [6.07, 6.45) is 1.02. The molecule has 0 aromatic heterocycles. The molecule has 0 spiro atoms. The molecule has 2 aliphatic rings. The number of carbonyl (C=O) groups excluding carboxylic acids is 2. The van der Waals surface area contributed by atoms with Crippen LogP contribution in [0.15, 0.2) is 70.9 Å². The van der Waals surface area contributed by atoms with E-state index in [1.54, 1.807) is 23.9 Å². The Hall–Kier alpha value is -3.26. The predicted molar refractivity (Wildman–Crippen MR) is 126 cm³/mol. The van der Waals surface area contributed by atoms with Gasteiger partial charge in [0, 0.05) is 18.0 Å². The lowest BCUT2D eigenvalue weighted by atomic mass is 9.94. The minimum atomic E-state index is -0.374. The first-order chi connectivity index (χ1) is 15.6. The van der Waals surface area contributed by atoms with Crippen molar-refractivity contribution in [1.82, 2.24) is 4.90 Å². The van der Waals surface area contributed by atoms with Crippen LogP contribution in [0.5, 0.6) is 5.75 Å². The number of methoxy groups -OCH3 is 1. The normalized spacial score (nSPS) is 17.9. The molecule has 4 rings (SSSR count). The van der Waals surface area contributed by atoms with Crippen molar-refractivity contribution in [2.45, 2.75) is 19.4 Å². The molecule has 32 heavy (non-hydrogen) atoms. The first kappa shape index (κ1) is 22.0. The number of amides is 1. The molecule has 0 radical (unpaired) electrons. The van der Waals surface area contributed by atoms with Crippen molar-refractivity contribution in [2.75, 3.05) is 31.3 Å². The summed E-state index contributed by atoms with van der Waals surface area (Å²) < 4.78 is 10.6. The number of benzene rings is 2. The molecule has 0 aliphatic carbocycles. The fourth-order valence-corrected chi connectivity index (χ4v) is 4.82. The number of hydrogen-bond donors (Lipinski definition) is 1. The molecule has 1 unspecified atom stereocenters. The van der Waals surface area contributed by atoms with E-state index in [0.717, 1.165) is 29.4 Å². The summed E-state index contributed by atoms with van der Waals surface area (Å²) in [5, 5.41) is 3.78. The first-order valence-corrected chi connectivity index (χ1v) is 11.4. The zero-order valence-corrected chi connectivity index (χ0v) is 18.9. The Morgan fingerprint density at radius 2 is 1.91 bits per heavy atom. The molecular weight excluding hydrogens is 426 g/mol. The van der Waals surface area contributed by atoms with Crippen molar-refractivity contribution < 1.29 is 19.1 Å². The van der Waals surface area contributed by atoms with Crippen molar-refractivity contribution >= 4 is 34.5 Å². The van der Waals surface area contributed by atoms with Gasteiger partial charge in [-0.15, -0.1) is 0 Å². The number of aliphatic imine (C=N–C) groups is 1. The van der Waals surface area contributed by atoms with Crippen molar-refractivity contribution in [1.29, 1.82) is 0 Å². The van der Waals surface area contributed by atoms with Crippen LogP contribution in [0, 0.1) is 0 Å². The maximum Gasteiger partial charge on any atom is 0.338 e. The van der Waals surface area contributed by atoms with Gasteiger partial charge >= 0.3 is 5.97 Å². The van der Waals surface area contributed by atoms with E-state index >= 15 is 0 Å². The van der Waals surface area contributed by atoms with E-state index in [1.165, 1.54) is 7.11 Å². The zero-order valence-electron chi connectivity index (χ0n) is 18.0. The van der Waals surface area contributed by atoms with Crippen LogP contribution in [0.3, 0.4) is 0 Å². The van der Waals surface area contributed by atoms with Gasteiger partial charge in [-0.25, -0.2) is 9.79 Å². The Kier molecular flexibility index (Phi) is 6.80. The molecular formula is C24H25N3O4S. The maximum absolute atomic E-state index is 12.6. The second-order valence-electron chi connectivity index (χ2n) is 7.45. The van der Waals surface area contributed by atoms with Crippen LogP contribution in [-0.4, -0.2) is 48.0 Å². The maximum atomic E-state index is 12.6. The molecule has 7 nitrogen and oxygen atoms in total. The Morgan fingerprint density at radius 3 is 2.62 bits per heavy atom. The van der Waals surface area contributed by atoms with Crippen LogP contribution in [0.4, 0.5) is 5.69 Å². The molecule has 2 heterocycles. The van der Waals surface area contributed by atoms with E-state index in [1.807, 2.05) is 49.4 Å². The van der Waals surface area contributed by atoms with Crippen LogP contribution < -0.4 is 10.1 Å². The molecule has 1 fully saturated rings. The zero-order chi connectivity index (χ0) is 22.5. The lowest BCUT2D eigenvalue weighted by Crippen LogP contribution is -2.42. The van der Waals surface area contributed by atoms with E-state index < -0.39 is 0 Å². The van der Waals surface area contributed by atoms with Gasteiger partial charge < -0.3 is 19.7 Å². The van der Waals surface area contributed by atoms with Crippen LogP contribution in [0.25, 0.3) is 0 Å². The van der Waals surface area contributed by atoms with E-state index in [9.17, 15) is 9.59 Å². The molecule has 0 saturated carbocycles. The topological polar surface area (TPSA) is 80.2 Å². The Bertz CT molecular complexity index is 1050. The average molecular weight is 452 g/mol. The second kappa shape index (κ2) is 9.91. The van der Waals surface area contributed by atoms with E-state index in [0.29, 0.717) is 22.7 Å². The Labute approximate surface area is 191 Å². The van der Waals surface area contributed by atoms with Gasteiger partial charge in [-0.3, -0.25) is 4.79 Å². The Balaban J connectivity index is 1.49. The van der Waals surface area contributed by atoms with E-state index in [2.05, 4.69) is 15.2 Å². The molecule has 2 aromatic rings. The minimum absolute atomic E-state index is 0.0758. The predicted octanol–water partition coefficient (Wildman–Crippen LogP) is 4.00. The fourth-order valence-electron chi connectivity index (χ4n) is 3.80. The van der Waals surface area contributed by atoms with Gasteiger partial charge in [0.05, 0.1) is 24.4 Å². The van der Waals surface area contributed by atoms with Gasteiger partial charge in [0.1, 0.15) is 5.75 Å². The van der Waals surface area contributed by atoms with Gasteiger partial charge in [-0.1, -0.05) is 42.1 Å². The van der Waals surface area contributed by atoms with E-state index in [-0.39, 0.29) is 24.5 Å². The summed E-state index contributed by atoms with van der Waals surface area (Å²) in [5.74, 6) is 1.04. The number of carbonyl (C=O) groups is 2. The number of nitrogens with one attached hydrogen (secondary N) is 1. The number of ether oxygens (including phenoxy) is 2. The molecule has 1 saturated heterocycles. The highest BCUT2D eigenvalue weighted by Gasteiger charge is 2.37. The quantitative estimate of drug-likeness (QED) is 0.669. The van der Waals surface area contributed by atoms with Crippen molar-refractivity contribution in [3.63, 3.8) is 0 Å². The number of thioether (sulfide) groups is 1. The molecule has 2 aromatic carbocycles. The standard InChI is InChI=1S/C24H25N3O4S/c1-16-21(23(29)30-2)22(27-13-6-14-32-24(27)25-16)17-9-11-18(12-10-17)26-20(28)15-31-19-7-4-3-5-8-19/h3-5,7-12,22H,6,13-15H2,1-2H3,(H,26,28). The molecule has 1 atom stereocenters. The van der Waals surface area contributed by atoms with Crippen LogP contribution in [0.2, 0.25) is 0 Å². The van der Waals surface area contributed by atoms with Crippen molar-refractivity contribution in [3.8, 4) is 5.75 Å². The molecule has 166 valence electrons. The van der Waals surface area contributed by atoms with Crippen LogP contribution >= 0.6 is 11.8 Å². The summed E-state index contributed by atoms with van der Waals surface area (Å²) >= 11 is 1.70. The smallest absolute Gasteiger partial charge is 0.338 e. The van der Waals surface area contributed by atoms with Crippen molar-refractivity contribution in [2.24, 2.45) is 4.99 Å². The third-order valence-electron chi connectivity index (χ3n) is 5.29. The van der Waals surface area contributed by atoms with Gasteiger partial charge in [0.2, 0.25) is 0 Å². The fraction of sp³-hybridized carbons (Fsp3) is 0.292. The summed E-state index contributed by atoms with van der Waals surface area (Å²) in [4.78, 5) is 31.6. The first-order valence-electron chi connectivity index (χ1n) is 10.4. The minimum Gasteiger partial charge on any atom is -0.484 e. The highest BCUT2D eigenvalue weighted by molar-refractivity contribution is 8.13. The third kappa shape index (κ3) is 4.80. The summed E-state index contributed by atoms with van der Waals surface area (Å²) in [7, 11) is 1.39. The number of anilines is 1. The van der Waals surface area contributed by atoms with Gasteiger partial charge in [0.15, 0.2) is 11.8 Å². The van der Waals surface area contributed by atoms with E-state index in [4.69, 9.17) is 9.47 Å². The number of para-hydroxylation sites is 1. The monoisotopic (exact) mass is 451 g/mol. The largest absolute Gasteiger partial charge is 0.484 e. The summed E-state index contributed by atoms with van der Waals surface area (Å²) in [5.41, 5.74) is 2.83. The lowest BCUT2D eigenvalue weighted by molar-refractivity contribution is -0.137. The molecule has 1 amide bonds. The number of fused-ring (bicyclic) bond motifs is 1. The van der Waals surface area contributed by atoms with Crippen LogP contribution in [0.1, 0.15) is 24.9 Å². The van der Waals surface area contributed by atoms with Gasteiger partial charge in [-0.05, 0) is 43.2 Å². The van der Waals surface area contributed by atoms with Crippen LogP contribution in [-0.2, 0) is 14.3 Å². The number of nitrogens with zero attached hydrogens (tertiary/aromatic N) is 2. The third-order valence-corrected chi connectivity index (χ3v) is 6.36. The molecule has 8 heteroatoms. The SMILES string of the molecule is COC(=O)C1=C(C)N=C2SCCCN2C1c1ccc(NC(=O)COc2ccccc2)cc1. The highest BCUT2D eigenvalue weighted by Crippen LogP contribution is 2.40. The second-order valence-corrected chi connectivity index (χ2v) is 8.52. The summed E-state index contributed by atoms with van der Waals surface area (Å²) in [6.45, 7) is 2.59. The molecule has 1 N–H and O–H groups in total. The van der Waals surface area contributed by atoms with Gasteiger partial charge in [-0.2, -0.15) is 0 Å². The number of allylic oxidation sites excluding steroid dienone is 1. The molecule has 2 aliphatic heterocycles.